The van der Waals surface area contributed by atoms with E-state index in [1.54, 1.807) is 29.2 Å². The Balaban J connectivity index is 0.00000363. The minimum Gasteiger partial charge on any atom is -0.302 e. The predicted octanol–water partition coefficient (Wildman–Crippen LogP) is 5.15. The normalized spacial score (nSPS) is 11.1. The fourth-order valence-corrected chi connectivity index (χ4v) is 4.10. The number of anilines is 1. The lowest BCUT2D eigenvalue weighted by Gasteiger charge is -2.23. The van der Waals surface area contributed by atoms with E-state index >= 15 is 0 Å². The van der Waals surface area contributed by atoms with Gasteiger partial charge >= 0.3 is 0 Å². The number of thiazole rings is 1. The first kappa shape index (κ1) is 25.4. The highest BCUT2D eigenvalue weighted by atomic mass is 35.5. The number of nitro benzene ring substituents is 1. The summed E-state index contributed by atoms with van der Waals surface area (Å²) in [5.74, 6) is -0.646. The van der Waals surface area contributed by atoms with Gasteiger partial charge in [-0.2, -0.15) is 0 Å². The van der Waals surface area contributed by atoms with Gasteiger partial charge in [0.1, 0.15) is 5.82 Å². The van der Waals surface area contributed by atoms with Crippen LogP contribution in [0.15, 0.2) is 48.5 Å². The number of rotatable bonds is 9. The number of aromatic nitrogens is 1. The lowest BCUT2D eigenvalue weighted by molar-refractivity contribution is -0.384. The van der Waals surface area contributed by atoms with Gasteiger partial charge in [-0.3, -0.25) is 19.8 Å². The Bertz CT molecular complexity index is 1120. The van der Waals surface area contributed by atoms with Gasteiger partial charge in [-0.05, 0) is 42.9 Å². The van der Waals surface area contributed by atoms with Crippen LogP contribution in [-0.2, 0) is 4.79 Å². The zero-order valence-electron chi connectivity index (χ0n) is 17.7. The molecule has 0 saturated heterocycles. The third kappa shape index (κ3) is 6.32. The number of halogens is 2. The number of non-ortho nitro benzene ring substituents is 1. The molecule has 0 aliphatic carbocycles. The summed E-state index contributed by atoms with van der Waals surface area (Å²) in [6.07, 6.45) is 2.93. The number of fused-ring (bicyclic) bond motifs is 1. The van der Waals surface area contributed by atoms with E-state index in [9.17, 15) is 19.3 Å². The Kier molecular flexibility index (Phi) is 9.25. The summed E-state index contributed by atoms with van der Waals surface area (Å²) < 4.78 is 14.2. The van der Waals surface area contributed by atoms with E-state index in [0.717, 1.165) is 13.1 Å². The zero-order valence-corrected chi connectivity index (χ0v) is 19.4. The highest BCUT2D eigenvalue weighted by molar-refractivity contribution is 7.22. The van der Waals surface area contributed by atoms with Gasteiger partial charge in [-0.1, -0.05) is 37.3 Å². The second-order valence-corrected chi connectivity index (χ2v) is 7.82. The average Bonchev–Trinajstić information content (AvgIpc) is 3.18. The van der Waals surface area contributed by atoms with Crippen LogP contribution in [0.1, 0.15) is 19.4 Å². The summed E-state index contributed by atoms with van der Waals surface area (Å²) in [7, 11) is 0. The third-order valence-electron chi connectivity index (χ3n) is 4.87. The van der Waals surface area contributed by atoms with Crippen LogP contribution in [0.3, 0.4) is 0 Å². The Morgan fingerprint density at radius 2 is 1.94 bits per heavy atom. The maximum absolute atomic E-state index is 13.6. The first-order chi connectivity index (χ1) is 14.9. The molecule has 7 nitrogen and oxygen atoms in total. The van der Waals surface area contributed by atoms with Gasteiger partial charge in [0.05, 0.1) is 15.1 Å². The number of likely N-dealkylation sites (N-methyl/N-ethyl adjacent to an activating group) is 1. The predicted molar refractivity (Wildman–Crippen MR) is 129 cm³/mol. The van der Waals surface area contributed by atoms with Gasteiger partial charge in [-0.15, -0.1) is 12.4 Å². The standard InChI is InChI=1S/C22H23FN4O3S.ClH/c1-3-25(4-2)12-13-26(22-24-19-10-9-17(23)15-20(19)31-22)21(28)11-8-16-6-5-7-18(14-16)27(29)30;/h5-11,14-15H,3-4,12-13H2,1-2H3;1H. The van der Waals surface area contributed by atoms with Crippen LogP contribution in [0.2, 0.25) is 0 Å². The number of nitro groups is 1. The van der Waals surface area contributed by atoms with E-state index in [1.807, 2.05) is 0 Å². The molecule has 0 atom stereocenters. The van der Waals surface area contributed by atoms with Crippen LogP contribution in [0.5, 0.6) is 0 Å². The van der Waals surface area contributed by atoms with Crippen molar-refractivity contribution in [1.82, 2.24) is 9.88 Å². The number of amides is 1. The molecule has 0 radical (unpaired) electrons. The van der Waals surface area contributed by atoms with Gasteiger partial charge in [-0.25, -0.2) is 9.37 Å². The van der Waals surface area contributed by atoms with Crippen molar-refractivity contribution in [2.24, 2.45) is 0 Å². The van der Waals surface area contributed by atoms with Crippen molar-refractivity contribution in [2.45, 2.75) is 13.8 Å². The molecule has 1 aromatic heterocycles. The summed E-state index contributed by atoms with van der Waals surface area (Å²) in [6, 6.07) is 10.4. The summed E-state index contributed by atoms with van der Waals surface area (Å²) in [5.41, 5.74) is 1.14. The summed E-state index contributed by atoms with van der Waals surface area (Å²) in [4.78, 5) is 31.8. The Morgan fingerprint density at radius 1 is 1.19 bits per heavy atom. The minimum atomic E-state index is -0.476. The molecule has 170 valence electrons. The molecular weight excluding hydrogens is 455 g/mol. The molecule has 1 heterocycles. The summed E-state index contributed by atoms with van der Waals surface area (Å²) >= 11 is 1.26. The maximum Gasteiger partial charge on any atom is 0.270 e. The Labute approximate surface area is 195 Å². The topological polar surface area (TPSA) is 79.6 Å². The molecule has 0 saturated carbocycles. The molecule has 32 heavy (non-hydrogen) atoms. The minimum absolute atomic E-state index is 0. The van der Waals surface area contributed by atoms with Crippen LogP contribution < -0.4 is 4.90 Å². The summed E-state index contributed by atoms with van der Waals surface area (Å²) in [5, 5.41) is 11.5. The molecule has 0 bridgehead atoms. The van der Waals surface area contributed by atoms with Gasteiger partial charge in [0, 0.05) is 31.3 Å². The van der Waals surface area contributed by atoms with Gasteiger partial charge in [0.15, 0.2) is 5.13 Å². The average molecular weight is 479 g/mol. The first-order valence-corrected chi connectivity index (χ1v) is 10.8. The van der Waals surface area contributed by atoms with E-state index in [4.69, 9.17) is 0 Å². The van der Waals surface area contributed by atoms with Crippen molar-refractivity contribution in [3.63, 3.8) is 0 Å². The van der Waals surface area contributed by atoms with Crippen molar-refractivity contribution in [1.29, 1.82) is 0 Å². The number of benzene rings is 2. The van der Waals surface area contributed by atoms with Gasteiger partial charge in [0.2, 0.25) is 0 Å². The van der Waals surface area contributed by atoms with Gasteiger partial charge in [0.25, 0.3) is 11.6 Å². The molecule has 1 amide bonds. The summed E-state index contributed by atoms with van der Waals surface area (Å²) in [6.45, 7) is 6.90. The maximum atomic E-state index is 13.6. The molecule has 10 heteroatoms. The Morgan fingerprint density at radius 3 is 2.62 bits per heavy atom. The quantitative estimate of drug-likeness (QED) is 0.241. The highest BCUT2D eigenvalue weighted by Crippen LogP contribution is 2.29. The van der Waals surface area contributed by atoms with Crippen molar-refractivity contribution >= 4 is 56.8 Å². The molecule has 0 fully saturated rings. The zero-order chi connectivity index (χ0) is 22.4. The molecule has 2 aromatic carbocycles. The molecule has 0 aliphatic rings. The van der Waals surface area contributed by atoms with Crippen molar-refractivity contribution in [3.05, 3.63) is 70.0 Å². The van der Waals surface area contributed by atoms with Gasteiger partial charge < -0.3 is 4.90 Å². The van der Waals surface area contributed by atoms with Crippen molar-refractivity contribution in [2.75, 3.05) is 31.1 Å². The van der Waals surface area contributed by atoms with Crippen molar-refractivity contribution in [3.8, 4) is 0 Å². The lowest BCUT2D eigenvalue weighted by atomic mass is 10.2. The molecule has 3 aromatic rings. The monoisotopic (exact) mass is 478 g/mol. The van der Waals surface area contributed by atoms with Crippen molar-refractivity contribution < 1.29 is 14.1 Å². The van der Waals surface area contributed by atoms with E-state index in [1.165, 1.54) is 41.7 Å². The van der Waals surface area contributed by atoms with E-state index < -0.39 is 4.92 Å². The number of nitrogens with zero attached hydrogens (tertiary/aromatic N) is 4. The number of hydrogen-bond acceptors (Lipinski definition) is 6. The van der Waals surface area contributed by atoms with Crippen LogP contribution >= 0.6 is 23.7 Å². The molecule has 3 rings (SSSR count). The number of hydrogen-bond donors (Lipinski definition) is 0. The molecule has 0 aliphatic heterocycles. The van der Waals surface area contributed by atoms with E-state index in [2.05, 4.69) is 23.7 Å². The fourth-order valence-electron chi connectivity index (χ4n) is 3.08. The van der Waals surface area contributed by atoms with Crippen LogP contribution in [0.25, 0.3) is 16.3 Å². The van der Waals surface area contributed by atoms with Crippen LogP contribution in [0, 0.1) is 15.9 Å². The third-order valence-corrected chi connectivity index (χ3v) is 5.91. The smallest absolute Gasteiger partial charge is 0.270 e. The Hall–Kier alpha value is -2.88. The molecule has 0 spiro atoms. The SMILES string of the molecule is CCN(CC)CCN(C(=O)C=Cc1cccc([N+](=O)[O-])c1)c1nc2ccc(F)cc2s1.Cl. The molecule has 0 N–H and O–H groups in total. The second kappa shape index (κ2) is 11.7. The van der Waals surface area contributed by atoms with Crippen LogP contribution in [0.4, 0.5) is 15.2 Å². The lowest BCUT2D eigenvalue weighted by Crippen LogP contribution is -2.38. The second-order valence-electron chi connectivity index (χ2n) is 6.81. The highest BCUT2D eigenvalue weighted by Gasteiger charge is 2.19. The van der Waals surface area contributed by atoms with E-state index in [-0.39, 0.29) is 29.8 Å². The molecule has 0 unspecified atom stereocenters. The largest absolute Gasteiger partial charge is 0.302 e. The van der Waals surface area contributed by atoms with E-state index in [0.29, 0.717) is 34.0 Å². The molecular formula is C22H24ClFN4O3S. The number of carbonyl (C=O) groups excluding carboxylic acids is 1. The fraction of sp³-hybridized carbons (Fsp3) is 0.273. The number of carbonyl (C=O) groups is 1. The first-order valence-electron chi connectivity index (χ1n) is 9.93. The van der Waals surface area contributed by atoms with Crippen LogP contribution in [-0.4, -0.2) is 46.9 Å².